The fourth-order valence-electron chi connectivity index (χ4n) is 4.19. The second kappa shape index (κ2) is 6.58. The van der Waals surface area contributed by atoms with Gasteiger partial charge in [0, 0.05) is 12.1 Å². The van der Waals surface area contributed by atoms with Crippen molar-refractivity contribution in [1.82, 2.24) is 4.90 Å². The first-order valence-electron chi connectivity index (χ1n) is 8.51. The smallest absolute Gasteiger partial charge is 0.0252 e. The number of nitrogens with two attached hydrogens (primary N) is 1. The van der Waals surface area contributed by atoms with Crippen molar-refractivity contribution in [1.29, 1.82) is 0 Å². The molecule has 2 nitrogen and oxygen atoms in total. The van der Waals surface area contributed by atoms with E-state index >= 15 is 0 Å². The van der Waals surface area contributed by atoms with Gasteiger partial charge in [-0.15, -0.1) is 0 Å². The number of likely N-dealkylation sites (tertiary alicyclic amines) is 1. The maximum atomic E-state index is 6.43. The highest BCUT2D eigenvalue weighted by Gasteiger charge is 2.36. The SMILES string of the molecule is CCCC1CCCN(C2CC(C)(C)CCC2N)CC1. The third kappa shape index (κ3) is 4.19. The Kier molecular flexibility index (Phi) is 5.30. The summed E-state index contributed by atoms with van der Waals surface area (Å²) in [6, 6.07) is 1.06. The van der Waals surface area contributed by atoms with Crippen LogP contribution >= 0.6 is 0 Å². The molecule has 2 rings (SSSR count). The monoisotopic (exact) mass is 266 g/mol. The van der Waals surface area contributed by atoms with E-state index in [9.17, 15) is 0 Å². The molecule has 2 aliphatic rings. The van der Waals surface area contributed by atoms with Crippen LogP contribution in [0.25, 0.3) is 0 Å². The fraction of sp³-hybridized carbons (Fsp3) is 1.00. The predicted molar refractivity (Wildman–Crippen MR) is 83.2 cm³/mol. The number of rotatable bonds is 3. The molecular weight excluding hydrogens is 232 g/mol. The van der Waals surface area contributed by atoms with Crippen LogP contribution in [-0.2, 0) is 0 Å². The van der Waals surface area contributed by atoms with E-state index in [4.69, 9.17) is 5.73 Å². The summed E-state index contributed by atoms with van der Waals surface area (Å²) in [5.41, 5.74) is 6.93. The van der Waals surface area contributed by atoms with Crippen LogP contribution in [0.4, 0.5) is 0 Å². The zero-order valence-corrected chi connectivity index (χ0v) is 13.3. The average molecular weight is 266 g/mol. The van der Waals surface area contributed by atoms with E-state index in [0.29, 0.717) is 17.5 Å². The van der Waals surface area contributed by atoms with E-state index in [0.717, 1.165) is 5.92 Å². The lowest BCUT2D eigenvalue weighted by atomic mass is 9.72. The largest absolute Gasteiger partial charge is 0.326 e. The van der Waals surface area contributed by atoms with Crippen molar-refractivity contribution in [2.24, 2.45) is 17.1 Å². The van der Waals surface area contributed by atoms with Crippen LogP contribution in [0.1, 0.15) is 72.1 Å². The normalized spacial score (nSPS) is 36.9. The lowest BCUT2D eigenvalue weighted by Crippen LogP contribution is -2.53. The first-order chi connectivity index (χ1) is 9.02. The molecule has 2 fully saturated rings. The molecule has 0 radical (unpaired) electrons. The Bertz CT molecular complexity index is 274. The highest BCUT2D eigenvalue weighted by Crippen LogP contribution is 2.37. The van der Waals surface area contributed by atoms with Crippen molar-refractivity contribution in [3.63, 3.8) is 0 Å². The molecule has 1 heterocycles. The predicted octanol–water partition coefficient (Wildman–Crippen LogP) is 3.79. The van der Waals surface area contributed by atoms with Gasteiger partial charge in [0.05, 0.1) is 0 Å². The minimum Gasteiger partial charge on any atom is -0.326 e. The van der Waals surface area contributed by atoms with E-state index < -0.39 is 0 Å². The quantitative estimate of drug-likeness (QED) is 0.842. The molecule has 2 heteroatoms. The zero-order valence-electron chi connectivity index (χ0n) is 13.3. The molecule has 0 bridgehead atoms. The molecule has 112 valence electrons. The zero-order chi connectivity index (χ0) is 13.9. The van der Waals surface area contributed by atoms with Crippen LogP contribution in [0.2, 0.25) is 0 Å². The van der Waals surface area contributed by atoms with Gasteiger partial charge in [-0.25, -0.2) is 0 Å². The minimum atomic E-state index is 0.413. The summed E-state index contributed by atoms with van der Waals surface area (Å²) in [4.78, 5) is 2.74. The fourth-order valence-corrected chi connectivity index (χ4v) is 4.19. The Hall–Kier alpha value is -0.0800. The number of hydrogen-bond donors (Lipinski definition) is 1. The molecule has 3 unspecified atom stereocenters. The molecule has 2 N–H and O–H groups in total. The molecule has 3 atom stereocenters. The standard InChI is InChI=1S/C17H34N2/c1-4-6-14-7-5-11-19(12-9-14)16-13-17(2,3)10-8-15(16)18/h14-16H,4-13,18H2,1-3H3. The van der Waals surface area contributed by atoms with Gasteiger partial charge < -0.3 is 5.73 Å². The maximum absolute atomic E-state index is 6.43. The van der Waals surface area contributed by atoms with Crippen molar-refractivity contribution in [2.45, 2.75) is 84.2 Å². The van der Waals surface area contributed by atoms with E-state index in [-0.39, 0.29) is 0 Å². The minimum absolute atomic E-state index is 0.413. The molecule has 1 saturated heterocycles. The summed E-state index contributed by atoms with van der Waals surface area (Å²) in [5.74, 6) is 0.975. The molecule has 0 aromatic carbocycles. The summed E-state index contributed by atoms with van der Waals surface area (Å²) in [5, 5.41) is 0. The van der Waals surface area contributed by atoms with E-state index in [1.54, 1.807) is 0 Å². The van der Waals surface area contributed by atoms with Gasteiger partial charge in [0.2, 0.25) is 0 Å². The number of hydrogen-bond acceptors (Lipinski definition) is 2. The van der Waals surface area contributed by atoms with E-state index in [1.807, 2.05) is 0 Å². The Morgan fingerprint density at radius 1 is 1.16 bits per heavy atom. The van der Waals surface area contributed by atoms with Gasteiger partial charge in [0.15, 0.2) is 0 Å². The van der Waals surface area contributed by atoms with Crippen molar-refractivity contribution >= 4 is 0 Å². The molecule has 1 saturated carbocycles. The summed E-state index contributed by atoms with van der Waals surface area (Å²) >= 11 is 0. The lowest BCUT2D eigenvalue weighted by Gasteiger charge is -2.44. The van der Waals surface area contributed by atoms with Crippen molar-refractivity contribution < 1.29 is 0 Å². The van der Waals surface area contributed by atoms with Gasteiger partial charge in [-0.05, 0) is 62.9 Å². The first-order valence-corrected chi connectivity index (χ1v) is 8.51. The van der Waals surface area contributed by atoms with Crippen molar-refractivity contribution in [3.8, 4) is 0 Å². The second-order valence-electron chi connectivity index (χ2n) is 7.76. The van der Waals surface area contributed by atoms with E-state index in [2.05, 4.69) is 25.7 Å². The van der Waals surface area contributed by atoms with Gasteiger partial charge in [0.1, 0.15) is 0 Å². The van der Waals surface area contributed by atoms with Crippen molar-refractivity contribution in [3.05, 3.63) is 0 Å². The summed E-state index contributed by atoms with van der Waals surface area (Å²) in [6.45, 7) is 9.74. The second-order valence-corrected chi connectivity index (χ2v) is 7.76. The third-order valence-electron chi connectivity index (χ3n) is 5.46. The molecule has 0 aromatic rings. The Labute approximate surface area is 120 Å². The average Bonchev–Trinajstić information content (AvgIpc) is 2.59. The van der Waals surface area contributed by atoms with Crippen LogP contribution in [0.3, 0.4) is 0 Å². The van der Waals surface area contributed by atoms with Gasteiger partial charge in [-0.2, -0.15) is 0 Å². The van der Waals surface area contributed by atoms with Crippen LogP contribution in [-0.4, -0.2) is 30.1 Å². The van der Waals surface area contributed by atoms with Crippen LogP contribution in [0.15, 0.2) is 0 Å². The van der Waals surface area contributed by atoms with E-state index in [1.165, 1.54) is 64.5 Å². The molecule has 19 heavy (non-hydrogen) atoms. The van der Waals surface area contributed by atoms with Gasteiger partial charge in [0.25, 0.3) is 0 Å². The number of nitrogens with zero attached hydrogens (tertiary/aromatic N) is 1. The molecular formula is C17H34N2. The molecule has 0 aromatic heterocycles. The molecule has 1 aliphatic heterocycles. The Balaban J connectivity index is 1.93. The van der Waals surface area contributed by atoms with Gasteiger partial charge in [-0.3, -0.25) is 4.90 Å². The van der Waals surface area contributed by atoms with Crippen LogP contribution < -0.4 is 5.73 Å². The van der Waals surface area contributed by atoms with Crippen molar-refractivity contribution in [2.75, 3.05) is 13.1 Å². The molecule has 0 spiro atoms. The molecule has 0 amide bonds. The van der Waals surface area contributed by atoms with Crippen LogP contribution in [0.5, 0.6) is 0 Å². The third-order valence-corrected chi connectivity index (χ3v) is 5.46. The van der Waals surface area contributed by atoms with Gasteiger partial charge >= 0.3 is 0 Å². The molecule has 1 aliphatic carbocycles. The Morgan fingerprint density at radius 3 is 2.68 bits per heavy atom. The topological polar surface area (TPSA) is 29.3 Å². The highest BCUT2D eigenvalue weighted by molar-refractivity contribution is 4.93. The van der Waals surface area contributed by atoms with Gasteiger partial charge in [-0.1, -0.05) is 33.6 Å². The summed E-state index contributed by atoms with van der Waals surface area (Å²) in [7, 11) is 0. The summed E-state index contributed by atoms with van der Waals surface area (Å²) < 4.78 is 0. The highest BCUT2D eigenvalue weighted by atomic mass is 15.2. The van der Waals surface area contributed by atoms with Crippen LogP contribution in [0, 0.1) is 11.3 Å². The first kappa shape index (κ1) is 15.3. The Morgan fingerprint density at radius 2 is 1.95 bits per heavy atom. The summed E-state index contributed by atoms with van der Waals surface area (Å²) in [6.07, 6.45) is 10.8. The maximum Gasteiger partial charge on any atom is 0.0252 e. The lowest BCUT2D eigenvalue weighted by molar-refractivity contribution is 0.0793.